The van der Waals surface area contributed by atoms with Crippen molar-refractivity contribution in [2.24, 2.45) is 0 Å². The summed E-state index contributed by atoms with van der Waals surface area (Å²) in [5.74, 6) is -2.78. The number of anilines is 1. The number of nitrogen functional groups attached to an aromatic ring is 1. The largest absolute Gasteiger partial charge is 0.491 e. The maximum absolute atomic E-state index is 14.8. The van der Waals surface area contributed by atoms with E-state index in [2.05, 4.69) is 15.0 Å². The highest BCUT2D eigenvalue weighted by molar-refractivity contribution is 5.96. The molecule has 3 aromatic heterocycles. The van der Waals surface area contributed by atoms with Crippen LogP contribution in [0.1, 0.15) is 31.8 Å². The number of likely N-dealkylation sites (N-methyl/N-ethyl adjacent to an activating group) is 1. The lowest BCUT2D eigenvalue weighted by atomic mass is 10.0. The summed E-state index contributed by atoms with van der Waals surface area (Å²) in [7, 11) is 0. The average molecular weight is 449 g/mol. The van der Waals surface area contributed by atoms with E-state index in [0.717, 1.165) is 0 Å². The number of carbonyl (C=O) groups excluding carboxylic acids is 1. The van der Waals surface area contributed by atoms with Crippen LogP contribution in [0.2, 0.25) is 0 Å². The van der Waals surface area contributed by atoms with Gasteiger partial charge in [-0.25, -0.2) is 19.3 Å². The number of imidazole rings is 1. The molecule has 164 valence electrons. The number of ether oxygens (including phenoxy) is 1. The zero-order chi connectivity index (χ0) is 25.3. The molecule has 0 aliphatic carbocycles. The molecule has 8 nitrogen and oxygen atoms in total. The predicted octanol–water partition coefficient (Wildman–Crippen LogP) is 3.22. The summed E-state index contributed by atoms with van der Waals surface area (Å²) in [6.45, 7) is -3.67. The Kier molecular flexibility index (Phi) is 3.53. The minimum absolute atomic E-state index is 0.161. The van der Waals surface area contributed by atoms with Crippen LogP contribution in [0.15, 0.2) is 36.9 Å². The van der Waals surface area contributed by atoms with E-state index in [-0.39, 0.29) is 17.6 Å². The number of amides is 1. The van der Waals surface area contributed by atoms with E-state index < -0.39 is 54.4 Å². The summed E-state index contributed by atoms with van der Waals surface area (Å²) in [6.07, 6.45) is -0.767. The molecule has 1 amide bonds. The third-order valence-corrected chi connectivity index (χ3v) is 5.16. The van der Waals surface area contributed by atoms with Gasteiger partial charge in [0, 0.05) is 11.1 Å². The number of alkyl halides is 3. The van der Waals surface area contributed by atoms with Gasteiger partial charge in [-0.05, 0) is 18.2 Å². The molecule has 1 aliphatic rings. The molecule has 5 rings (SSSR count). The molecule has 32 heavy (non-hydrogen) atoms. The number of rotatable bonds is 2. The van der Waals surface area contributed by atoms with Crippen molar-refractivity contribution in [1.29, 1.82) is 0 Å². The van der Waals surface area contributed by atoms with E-state index in [4.69, 9.17) is 14.6 Å². The van der Waals surface area contributed by atoms with Gasteiger partial charge in [-0.2, -0.15) is 13.2 Å². The van der Waals surface area contributed by atoms with Crippen LogP contribution in [0, 0.1) is 5.82 Å². The van der Waals surface area contributed by atoms with Gasteiger partial charge >= 0.3 is 6.18 Å². The number of fused-ring (bicyclic) bond motifs is 4. The second-order valence-corrected chi connectivity index (χ2v) is 7.07. The molecule has 0 fully saturated rings. The fourth-order valence-electron chi connectivity index (χ4n) is 3.62. The van der Waals surface area contributed by atoms with Crippen molar-refractivity contribution in [3.63, 3.8) is 0 Å². The Bertz CT molecular complexity index is 1500. The van der Waals surface area contributed by atoms with Crippen LogP contribution in [-0.2, 0) is 6.18 Å². The van der Waals surface area contributed by atoms with Gasteiger partial charge in [-0.15, -0.1) is 0 Å². The van der Waals surface area contributed by atoms with Crippen LogP contribution >= 0.6 is 0 Å². The van der Waals surface area contributed by atoms with Gasteiger partial charge in [-0.3, -0.25) is 9.20 Å². The smallest absolute Gasteiger partial charge is 0.416 e. The Morgan fingerprint density at radius 2 is 2.12 bits per heavy atom. The number of carbonyl (C=O) groups is 1. The quantitative estimate of drug-likeness (QED) is 0.472. The van der Waals surface area contributed by atoms with Gasteiger partial charge < -0.3 is 15.4 Å². The van der Waals surface area contributed by atoms with Crippen molar-refractivity contribution in [3.8, 4) is 5.75 Å². The average Bonchev–Trinajstić information content (AvgIpc) is 3.40. The van der Waals surface area contributed by atoms with Gasteiger partial charge in [-0.1, -0.05) is 0 Å². The highest BCUT2D eigenvalue weighted by Crippen LogP contribution is 2.42. The van der Waals surface area contributed by atoms with Crippen molar-refractivity contribution >= 4 is 28.3 Å². The Balaban J connectivity index is 1.61. The topological polar surface area (TPSA) is 98.6 Å². The van der Waals surface area contributed by atoms with Crippen molar-refractivity contribution in [2.45, 2.75) is 12.2 Å². The van der Waals surface area contributed by atoms with E-state index in [0.29, 0.717) is 27.5 Å². The number of aromatic nitrogens is 4. The Hall–Kier alpha value is -3.96. The molecule has 1 atom stereocenters. The van der Waals surface area contributed by atoms with E-state index in [9.17, 15) is 22.4 Å². The standard InChI is InChI=1S/C20H14F4N6O2/c1-29(15-7-32-16-3-9(20(22,23)24)2-10(21)17(15)16)19(31)11-4-13-12(5-27-11)28-18(25)14-6-26-8-30(13)14/h2-6,8,15H,7H2,1H3,(H2,25,28)/t15-/m1/s1/i1D3. The molecule has 4 aromatic rings. The van der Waals surface area contributed by atoms with Gasteiger partial charge in [0.25, 0.3) is 5.91 Å². The predicted molar refractivity (Wildman–Crippen MR) is 104 cm³/mol. The maximum atomic E-state index is 14.8. The van der Waals surface area contributed by atoms with Gasteiger partial charge in [0.15, 0.2) is 0 Å². The van der Waals surface area contributed by atoms with Crippen LogP contribution in [0.5, 0.6) is 5.75 Å². The van der Waals surface area contributed by atoms with Crippen LogP contribution in [0.3, 0.4) is 0 Å². The van der Waals surface area contributed by atoms with E-state index >= 15 is 0 Å². The summed E-state index contributed by atoms with van der Waals surface area (Å²) < 4.78 is 84.4. The number of pyridine rings is 1. The molecular weight excluding hydrogens is 432 g/mol. The first-order chi connectivity index (χ1) is 16.4. The minimum Gasteiger partial charge on any atom is -0.491 e. The molecule has 0 saturated carbocycles. The fraction of sp³-hybridized carbons (Fsp3) is 0.200. The summed E-state index contributed by atoms with van der Waals surface area (Å²) >= 11 is 0. The van der Waals surface area contributed by atoms with E-state index in [1.165, 1.54) is 29.2 Å². The Labute approximate surface area is 181 Å². The maximum Gasteiger partial charge on any atom is 0.416 e. The van der Waals surface area contributed by atoms with Crippen LogP contribution in [0.25, 0.3) is 16.6 Å². The molecule has 0 bridgehead atoms. The third-order valence-electron chi connectivity index (χ3n) is 5.16. The summed E-state index contributed by atoms with van der Waals surface area (Å²) in [5, 5.41) is 0. The zero-order valence-electron chi connectivity index (χ0n) is 18.9. The molecular formula is C20H14F4N6O2. The molecule has 0 radical (unpaired) electrons. The molecule has 1 aliphatic heterocycles. The third kappa shape index (κ3) is 2.98. The highest BCUT2D eigenvalue weighted by Gasteiger charge is 2.38. The molecule has 1 aromatic carbocycles. The molecule has 0 saturated heterocycles. The molecule has 12 heteroatoms. The normalized spacial score (nSPS) is 17.5. The van der Waals surface area contributed by atoms with Crippen molar-refractivity contribution < 1.29 is 31.2 Å². The highest BCUT2D eigenvalue weighted by atomic mass is 19.4. The second-order valence-electron chi connectivity index (χ2n) is 7.07. The lowest BCUT2D eigenvalue weighted by Crippen LogP contribution is -2.33. The molecule has 4 heterocycles. The molecule has 0 unspecified atom stereocenters. The number of benzene rings is 1. The number of nitrogens with zero attached hydrogens (tertiary/aromatic N) is 5. The number of hydrogen-bond donors (Lipinski definition) is 1. The fourth-order valence-corrected chi connectivity index (χ4v) is 3.62. The van der Waals surface area contributed by atoms with E-state index in [1.54, 1.807) is 0 Å². The first-order valence-electron chi connectivity index (χ1n) is 10.6. The number of halogens is 4. The number of nitrogens with two attached hydrogens (primary N) is 1. The molecule has 2 N–H and O–H groups in total. The number of hydrogen-bond acceptors (Lipinski definition) is 6. The Morgan fingerprint density at radius 3 is 2.88 bits per heavy atom. The summed E-state index contributed by atoms with van der Waals surface area (Å²) in [6, 6.07) is 0.559. The van der Waals surface area contributed by atoms with E-state index in [1.807, 2.05) is 0 Å². The SMILES string of the molecule is [2H]C([2H])([2H])N(C(=O)c1cc2c(cn1)nc(N)c1cncn12)[C@@H]1COc2cc(C(F)(F)F)cc(F)c21. The summed E-state index contributed by atoms with van der Waals surface area (Å²) in [4.78, 5) is 25.9. The Morgan fingerprint density at radius 1 is 1.31 bits per heavy atom. The van der Waals surface area contributed by atoms with Crippen molar-refractivity contribution in [2.75, 3.05) is 19.3 Å². The van der Waals surface area contributed by atoms with Gasteiger partial charge in [0.05, 0.1) is 41.4 Å². The summed E-state index contributed by atoms with van der Waals surface area (Å²) in [5.41, 5.74) is 4.88. The monoisotopic (exact) mass is 449 g/mol. The van der Waals surface area contributed by atoms with Crippen molar-refractivity contribution in [1.82, 2.24) is 24.3 Å². The molecule has 0 spiro atoms. The lowest BCUT2D eigenvalue weighted by molar-refractivity contribution is -0.137. The lowest BCUT2D eigenvalue weighted by Gasteiger charge is -2.23. The zero-order valence-corrected chi connectivity index (χ0v) is 15.9. The van der Waals surface area contributed by atoms with Crippen LogP contribution in [-0.4, -0.2) is 43.7 Å². The van der Waals surface area contributed by atoms with Crippen molar-refractivity contribution in [3.05, 3.63) is 59.6 Å². The van der Waals surface area contributed by atoms with Gasteiger partial charge in [0.2, 0.25) is 0 Å². The van der Waals surface area contributed by atoms with Gasteiger partial charge in [0.1, 0.15) is 40.7 Å². The first kappa shape index (κ1) is 16.7. The van der Waals surface area contributed by atoms with Crippen LogP contribution < -0.4 is 10.5 Å². The van der Waals surface area contributed by atoms with Crippen LogP contribution in [0.4, 0.5) is 23.4 Å². The minimum atomic E-state index is -4.85. The second kappa shape index (κ2) is 6.77. The first-order valence-corrected chi connectivity index (χ1v) is 9.10.